The molecule has 1 atom stereocenters. The van der Waals surface area contributed by atoms with Crippen LogP contribution in [0.15, 0.2) is 46.1 Å². The summed E-state index contributed by atoms with van der Waals surface area (Å²) in [7, 11) is 0. The summed E-state index contributed by atoms with van der Waals surface area (Å²) in [5.74, 6) is -0.256. The predicted molar refractivity (Wildman–Crippen MR) is 93.0 cm³/mol. The molecule has 4 nitrogen and oxygen atoms in total. The Hall–Kier alpha value is -1.54. The number of halogens is 5. The summed E-state index contributed by atoms with van der Waals surface area (Å²) in [5.41, 5.74) is -2.97. The molecule has 1 N–H and O–H groups in total. The molecular weight excluding hydrogens is 392 g/mol. The smallest absolute Gasteiger partial charge is 0.377 e. The van der Waals surface area contributed by atoms with Crippen LogP contribution in [0.5, 0.6) is 0 Å². The molecule has 0 bridgehead atoms. The van der Waals surface area contributed by atoms with Gasteiger partial charge >= 0.3 is 6.18 Å². The lowest BCUT2D eigenvalue weighted by molar-refractivity contribution is -0.195. The largest absolute Gasteiger partial charge is 0.404 e. The van der Waals surface area contributed by atoms with Crippen molar-refractivity contribution in [1.82, 2.24) is 5.06 Å². The van der Waals surface area contributed by atoms with Crippen LogP contribution in [-0.4, -0.2) is 35.0 Å². The third-order valence-corrected chi connectivity index (χ3v) is 4.65. The van der Waals surface area contributed by atoms with E-state index in [4.69, 9.17) is 27.9 Å². The molecule has 0 saturated heterocycles. The molecule has 2 aliphatic heterocycles. The van der Waals surface area contributed by atoms with E-state index in [9.17, 15) is 18.4 Å². The van der Waals surface area contributed by atoms with Gasteiger partial charge in [-0.3, -0.25) is 5.21 Å². The number of alkyl halides is 3. The van der Waals surface area contributed by atoms with E-state index in [1.54, 1.807) is 13.8 Å². The number of fused-ring (bicyclic) bond motifs is 2. The standard InChI is InChI=1S/C17H15Cl2F3N2O2/c1-9(2)26-8-16(17(20,21)22)12-5-10(18)3-4-14(12)23-15-13(16)6-11(19)7-24(15)25/h3-7,9,25H,8H2,1-2H3/t16-/m1/s1. The molecule has 3 rings (SSSR count). The van der Waals surface area contributed by atoms with Crippen LogP contribution < -0.4 is 0 Å². The van der Waals surface area contributed by atoms with Crippen molar-refractivity contribution in [1.29, 1.82) is 0 Å². The Labute approximate surface area is 158 Å². The van der Waals surface area contributed by atoms with Crippen molar-refractivity contribution in [2.45, 2.75) is 31.5 Å². The Bertz CT molecular complexity index is 834. The van der Waals surface area contributed by atoms with Gasteiger partial charge in [0, 0.05) is 16.2 Å². The van der Waals surface area contributed by atoms with Gasteiger partial charge in [-0.05, 0) is 38.1 Å². The zero-order valence-electron chi connectivity index (χ0n) is 13.8. The summed E-state index contributed by atoms with van der Waals surface area (Å²) < 4.78 is 48.9. The fourth-order valence-corrected chi connectivity index (χ4v) is 3.38. The molecule has 1 aromatic carbocycles. The van der Waals surface area contributed by atoms with Gasteiger partial charge in [-0.1, -0.05) is 23.2 Å². The number of rotatable bonds is 3. The van der Waals surface area contributed by atoms with Crippen molar-refractivity contribution in [3.63, 3.8) is 0 Å². The van der Waals surface area contributed by atoms with E-state index in [2.05, 4.69) is 4.99 Å². The average molecular weight is 407 g/mol. The highest BCUT2D eigenvalue weighted by Gasteiger charge is 2.62. The summed E-state index contributed by atoms with van der Waals surface area (Å²) in [6.45, 7) is 2.58. The first-order valence-electron chi connectivity index (χ1n) is 7.71. The van der Waals surface area contributed by atoms with Gasteiger partial charge in [-0.2, -0.15) is 13.2 Å². The molecule has 2 aliphatic rings. The van der Waals surface area contributed by atoms with Crippen molar-refractivity contribution in [3.8, 4) is 0 Å². The molecule has 1 aromatic rings. The van der Waals surface area contributed by atoms with Gasteiger partial charge in [0.2, 0.25) is 0 Å². The van der Waals surface area contributed by atoms with Crippen molar-refractivity contribution in [2.75, 3.05) is 6.61 Å². The molecule has 0 fully saturated rings. The predicted octanol–water partition coefficient (Wildman–Crippen LogP) is 5.32. The van der Waals surface area contributed by atoms with Gasteiger partial charge in [0.1, 0.15) is 5.41 Å². The second-order valence-electron chi connectivity index (χ2n) is 6.28. The first kappa shape index (κ1) is 19.2. The highest BCUT2D eigenvalue weighted by Crippen LogP contribution is 2.54. The average Bonchev–Trinajstić information content (AvgIpc) is 2.51. The van der Waals surface area contributed by atoms with Crippen LogP contribution >= 0.6 is 23.2 Å². The van der Waals surface area contributed by atoms with Crippen molar-refractivity contribution >= 4 is 34.7 Å². The van der Waals surface area contributed by atoms with Gasteiger partial charge < -0.3 is 4.74 Å². The number of aliphatic imine (C=N–C) groups is 1. The van der Waals surface area contributed by atoms with Crippen LogP contribution in [0.1, 0.15) is 19.4 Å². The quantitative estimate of drug-likeness (QED) is 0.738. The van der Waals surface area contributed by atoms with E-state index in [1.165, 1.54) is 18.2 Å². The summed E-state index contributed by atoms with van der Waals surface area (Å²) in [6, 6.07) is 4.05. The first-order chi connectivity index (χ1) is 12.1. The fourth-order valence-electron chi connectivity index (χ4n) is 3.01. The molecule has 0 aliphatic carbocycles. The Morgan fingerprint density at radius 1 is 1.31 bits per heavy atom. The second-order valence-corrected chi connectivity index (χ2v) is 7.15. The monoisotopic (exact) mass is 406 g/mol. The maximum absolute atomic E-state index is 14.5. The molecule has 140 valence electrons. The van der Waals surface area contributed by atoms with E-state index in [0.717, 1.165) is 12.3 Å². The number of amidine groups is 1. The lowest BCUT2D eigenvalue weighted by Crippen LogP contribution is -2.53. The van der Waals surface area contributed by atoms with Gasteiger partial charge in [0.15, 0.2) is 5.84 Å². The van der Waals surface area contributed by atoms with E-state index in [-0.39, 0.29) is 32.7 Å². The number of benzene rings is 1. The summed E-state index contributed by atoms with van der Waals surface area (Å²) in [5, 5.41) is 10.7. The highest BCUT2D eigenvalue weighted by atomic mass is 35.5. The maximum atomic E-state index is 14.5. The molecule has 0 amide bonds. The van der Waals surface area contributed by atoms with Crippen LogP contribution in [-0.2, 0) is 10.2 Å². The molecule has 9 heteroatoms. The molecule has 0 aromatic heterocycles. The van der Waals surface area contributed by atoms with Gasteiger partial charge in [0.05, 0.1) is 29.6 Å². The molecule has 0 saturated carbocycles. The summed E-state index contributed by atoms with van der Waals surface area (Å²) in [6.07, 6.45) is -2.98. The summed E-state index contributed by atoms with van der Waals surface area (Å²) >= 11 is 11.9. The Morgan fingerprint density at radius 3 is 2.62 bits per heavy atom. The lowest BCUT2D eigenvalue weighted by Gasteiger charge is -2.43. The topological polar surface area (TPSA) is 45.1 Å². The zero-order chi connectivity index (χ0) is 19.3. The third kappa shape index (κ3) is 3.03. The van der Waals surface area contributed by atoms with Gasteiger partial charge in [-0.25, -0.2) is 10.1 Å². The molecule has 0 spiro atoms. The Balaban J connectivity index is 2.35. The van der Waals surface area contributed by atoms with Crippen LogP contribution in [0.4, 0.5) is 18.9 Å². The number of allylic oxidation sites excluding steroid dienone is 2. The highest BCUT2D eigenvalue weighted by molar-refractivity contribution is 6.32. The molecule has 0 radical (unpaired) electrons. The number of nitrogens with zero attached hydrogens (tertiary/aromatic N) is 2. The van der Waals surface area contributed by atoms with Crippen LogP contribution in [0.3, 0.4) is 0 Å². The van der Waals surface area contributed by atoms with Gasteiger partial charge in [0.25, 0.3) is 0 Å². The van der Waals surface area contributed by atoms with E-state index < -0.39 is 24.3 Å². The van der Waals surface area contributed by atoms with Crippen molar-refractivity contribution < 1.29 is 23.1 Å². The Morgan fingerprint density at radius 2 is 2.00 bits per heavy atom. The molecule has 2 heterocycles. The minimum absolute atomic E-state index is 0.0525. The number of ether oxygens (including phenoxy) is 1. The van der Waals surface area contributed by atoms with Gasteiger partial charge in [-0.15, -0.1) is 0 Å². The first-order valence-corrected chi connectivity index (χ1v) is 8.47. The van der Waals surface area contributed by atoms with Crippen molar-refractivity contribution in [3.05, 3.63) is 51.7 Å². The minimum Gasteiger partial charge on any atom is -0.377 e. The Kier molecular flexibility index (Phi) is 4.85. The second kappa shape index (κ2) is 6.56. The number of hydrogen-bond donors (Lipinski definition) is 1. The molecular formula is C17H15Cl2F3N2O2. The minimum atomic E-state index is -4.76. The van der Waals surface area contributed by atoms with E-state index in [1.807, 2.05) is 0 Å². The SMILES string of the molecule is CC(C)OC[C@]1(C(F)(F)F)C2=CC(Cl)=CN(O)C2=Nc2ccc(Cl)cc21. The number of hydrogen-bond acceptors (Lipinski definition) is 4. The lowest BCUT2D eigenvalue weighted by atomic mass is 9.70. The normalized spacial score (nSPS) is 22.5. The fraction of sp³-hybridized carbons (Fsp3) is 0.353. The molecule has 26 heavy (non-hydrogen) atoms. The van der Waals surface area contributed by atoms with Crippen LogP contribution in [0.2, 0.25) is 5.02 Å². The van der Waals surface area contributed by atoms with E-state index in [0.29, 0.717) is 5.06 Å². The third-order valence-electron chi connectivity index (χ3n) is 4.21. The van der Waals surface area contributed by atoms with Crippen LogP contribution in [0, 0.1) is 0 Å². The number of hydroxylamine groups is 2. The maximum Gasteiger partial charge on any atom is 0.404 e. The zero-order valence-corrected chi connectivity index (χ0v) is 15.3. The molecule has 0 unspecified atom stereocenters. The van der Waals surface area contributed by atoms with Crippen molar-refractivity contribution in [2.24, 2.45) is 4.99 Å². The summed E-state index contributed by atoms with van der Waals surface area (Å²) in [4.78, 5) is 4.17. The van der Waals surface area contributed by atoms with Crippen LogP contribution in [0.25, 0.3) is 0 Å². The van der Waals surface area contributed by atoms with E-state index >= 15 is 0 Å².